The van der Waals surface area contributed by atoms with Crippen LogP contribution in [0.15, 0.2) is 30.5 Å². The lowest BCUT2D eigenvalue weighted by molar-refractivity contribution is 0.286. The van der Waals surface area contributed by atoms with Gasteiger partial charge in [-0.15, -0.1) is 0 Å². The Bertz CT molecular complexity index is 476. The van der Waals surface area contributed by atoms with Crippen molar-refractivity contribution in [2.75, 3.05) is 13.2 Å². The quantitative estimate of drug-likeness (QED) is 0.749. The van der Waals surface area contributed by atoms with Gasteiger partial charge in [0, 0.05) is 36.8 Å². The smallest absolute Gasteiger partial charge is 0.0483 e. The molecule has 3 heteroatoms. The summed E-state index contributed by atoms with van der Waals surface area (Å²) in [4.78, 5) is 0. The lowest BCUT2D eigenvalue weighted by Crippen LogP contribution is -2.15. The fourth-order valence-electron chi connectivity index (χ4n) is 2.15. The first-order valence-corrected chi connectivity index (χ1v) is 6.25. The number of benzene rings is 1. The van der Waals surface area contributed by atoms with Gasteiger partial charge in [-0.3, -0.25) is 0 Å². The number of aliphatic hydroxyl groups is 1. The second-order valence-corrected chi connectivity index (χ2v) is 4.21. The second-order valence-electron chi connectivity index (χ2n) is 4.21. The Morgan fingerprint density at radius 3 is 2.88 bits per heavy atom. The van der Waals surface area contributed by atoms with Crippen LogP contribution < -0.4 is 5.32 Å². The summed E-state index contributed by atoms with van der Waals surface area (Å²) in [7, 11) is 0. The van der Waals surface area contributed by atoms with E-state index in [1.165, 1.54) is 16.5 Å². The van der Waals surface area contributed by atoms with Crippen LogP contribution in [0.5, 0.6) is 0 Å². The number of nitrogens with one attached hydrogen (secondary N) is 1. The third-order valence-electron chi connectivity index (χ3n) is 3.04. The van der Waals surface area contributed by atoms with E-state index in [1.807, 2.05) is 0 Å². The molecule has 0 saturated carbocycles. The van der Waals surface area contributed by atoms with Crippen LogP contribution >= 0.6 is 0 Å². The van der Waals surface area contributed by atoms with Crippen LogP contribution in [0, 0.1) is 0 Å². The maximum atomic E-state index is 8.73. The predicted octanol–water partition coefficient (Wildman–Crippen LogP) is 2.13. The summed E-state index contributed by atoms with van der Waals surface area (Å²) in [5.41, 5.74) is 2.63. The van der Waals surface area contributed by atoms with Gasteiger partial charge in [0.2, 0.25) is 0 Å². The Labute approximate surface area is 102 Å². The van der Waals surface area contributed by atoms with Crippen molar-refractivity contribution in [3.63, 3.8) is 0 Å². The minimum atomic E-state index is 0.254. The fourth-order valence-corrected chi connectivity index (χ4v) is 2.15. The predicted molar refractivity (Wildman–Crippen MR) is 71.0 cm³/mol. The molecule has 0 fully saturated rings. The summed E-state index contributed by atoms with van der Waals surface area (Å²) in [6.45, 7) is 5.14. The first kappa shape index (κ1) is 12.1. The van der Waals surface area contributed by atoms with Crippen molar-refractivity contribution in [1.29, 1.82) is 0 Å². The van der Waals surface area contributed by atoms with E-state index in [0.29, 0.717) is 0 Å². The molecule has 0 unspecified atom stereocenters. The highest BCUT2D eigenvalue weighted by Gasteiger charge is 2.05. The molecule has 0 spiro atoms. The van der Waals surface area contributed by atoms with Crippen LogP contribution in [-0.4, -0.2) is 22.8 Å². The lowest BCUT2D eigenvalue weighted by Gasteiger charge is -2.01. The third kappa shape index (κ3) is 2.68. The van der Waals surface area contributed by atoms with Crippen molar-refractivity contribution in [2.24, 2.45) is 0 Å². The van der Waals surface area contributed by atoms with E-state index in [2.05, 4.69) is 47.3 Å². The molecular weight excluding hydrogens is 212 g/mol. The van der Waals surface area contributed by atoms with Crippen LogP contribution in [0.2, 0.25) is 0 Å². The van der Waals surface area contributed by atoms with Gasteiger partial charge in [-0.1, -0.05) is 18.2 Å². The average molecular weight is 232 g/mol. The average Bonchev–Trinajstić information content (AvgIpc) is 2.73. The van der Waals surface area contributed by atoms with E-state index in [0.717, 1.165) is 26.1 Å². The van der Waals surface area contributed by atoms with Gasteiger partial charge in [0.15, 0.2) is 0 Å². The van der Waals surface area contributed by atoms with E-state index in [1.54, 1.807) is 0 Å². The molecule has 0 saturated heterocycles. The first-order valence-electron chi connectivity index (χ1n) is 6.25. The molecule has 1 aromatic heterocycles. The topological polar surface area (TPSA) is 37.2 Å². The Morgan fingerprint density at radius 1 is 1.29 bits per heavy atom. The van der Waals surface area contributed by atoms with Crippen molar-refractivity contribution < 1.29 is 5.11 Å². The third-order valence-corrected chi connectivity index (χ3v) is 3.04. The molecule has 0 aliphatic rings. The van der Waals surface area contributed by atoms with Crippen LogP contribution in [0.3, 0.4) is 0 Å². The van der Waals surface area contributed by atoms with E-state index >= 15 is 0 Å². The summed E-state index contributed by atoms with van der Waals surface area (Å²) >= 11 is 0. The SMILES string of the molecule is CCn1cc(CNCCCO)c2ccccc21. The Balaban J connectivity index is 2.16. The zero-order valence-electron chi connectivity index (χ0n) is 10.3. The van der Waals surface area contributed by atoms with Gasteiger partial charge >= 0.3 is 0 Å². The molecule has 17 heavy (non-hydrogen) atoms. The molecule has 2 aromatic rings. The molecule has 1 heterocycles. The Morgan fingerprint density at radius 2 is 2.12 bits per heavy atom. The van der Waals surface area contributed by atoms with E-state index in [-0.39, 0.29) is 6.61 Å². The minimum absolute atomic E-state index is 0.254. The summed E-state index contributed by atoms with van der Waals surface area (Å²) in [5.74, 6) is 0. The molecule has 1 aromatic carbocycles. The molecule has 2 N–H and O–H groups in total. The van der Waals surface area contributed by atoms with E-state index in [9.17, 15) is 0 Å². The zero-order chi connectivity index (χ0) is 12.1. The minimum Gasteiger partial charge on any atom is -0.396 e. The van der Waals surface area contributed by atoms with E-state index < -0.39 is 0 Å². The maximum Gasteiger partial charge on any atom is 0.0483 e. The molecule has 0 atom stereocenters. The van der Waals surface area contributed by atoms with Gasteiger partial charge in [0.05, 0.1) is 0 Å². The van der Waals surface area contributed by atoms with Crippen LogP contribution in [0.1, 0.15) is 18.9 Å². The molecule has 0 aliphatic carbocycles. The highest BCUT2D eigenvalue weighted by molar-refractivity contribution is 5.83. The maximum absolute atomic E-state index is 8.73. The molecule has 0 aliphatic heterocycles. The standard InChI is InChI=1S/C14H20N2O/c1-2-16-11-12(10-15-8-5-9-17)13-6-3-4-7-14(13)16/h3-4,6-7,11,15,17H,2,5,8-10H2,1H3. The summed E-state index contributed by atoms with van der Waals surface area (Å²) in [5, 5.41) is 13.4. The van der Waals surface area contributed by atoms with Gasteiger partial charge in [-0.05, 0) is 31.5 Å². The number of aliphatic hydroxyl groups excluding tert-OH is 1. The molecule has 0 amide bonds. The number of aryl methyl sites for hydroxylation is 1. The normalized spacial score (nSPS) is 11.2. The van der Waals surface area contributed by atoms with Gasteiger partial charge in [-0.2, -0.15) is 0 Å². The summed E-state index contributed by atoms with van der Waals surface area (Å²) < 4.78 is 2.28. The largest absolute Gasteiger partial charge is 0.396 e. The zero-order valence-corrected chi connectivity index (χ0v) is 10.3. The number of rotatable bonds is 6. The van der Waals surface area contributed by atoms with Gasteiger partial charge in [0.1, 0.15) is 0 Å². The lowest BCUT2D eigenvalue weighted by atomic mass is 10.2. The highest BCUT2D eigenvalue weighted by Crippen LogP contribution is 2.20. The fraction of sp³-hybridized carbons (Fsp3) is 0.429. The van der Waals surface area contributed by atoms with Gasteiger partial charge in [0.25, 0.3) is 0 Å². The number of nitrogens with zero attached hydrogens (tertiary/aromatic N) is 1. The molecule has 0 radical (unpaired) electrons. The van der Waals surface area contributed by atoms with Crippen LogP contribution in [0.25, 0.3) is 10.9 Å². The number of hydrogen-bond acceptors (Lipinski definition) is 2. The highest BCUT2D eigenvalue weighted by atomic mass is 16.3. The number of fused-ring (bicyclic) bond motifs is 1. The monoisotopic (exact) mass is 232 g/mol. The molecular formula is C14H20N2O. The number of para-hydroxylation sites is 1. The van der Waals surface area contributed by atoms with Gasteiger partial charge < -0.3 is 15.0 Å². The molecule has 0 bridgehead atoms. The van der Waals surface area contributed by atoms with Crippen molar-refractivity contribution in [2.45, 2.75) is 26.4 Å². The number of aromatic nitrogens is 1. The summed E-state index contributed by atoms with van der Waals surface area (Å²) in [6, 6.07) is 8.50. The Kier molecular flexibility index (Phi) is 4.18. The van der Waals surface area contributed by atoms with Crippen molar-refractivity contribution in [3.05, 3.63) is 36.0 Å². The Hall–Kier alpha value is -1.32. The first-order chi connectivity index (χ1) is 8.36. The van der Waals surface area contributed by atoms with Crippen molar-refractivity contribution in [3.8, 4) is 0 Å². The van der Waals surface area contributed by atoms with Crippen molar-refractivity contribution in [1.82, 2.24) is 9.88 Å². The molecule has 3 nitrogen and oxygen atoms in total. The second kappa shape index (κ2) is 5.84. The molecule has 92 valence electrons. The number of hydrogen-bond donors (Lipinski definition) is 2. The van der Waals surface area contributed by atoms with Crippen molar-refractivity contribution >= 4 is 10.9 Å². The molecule has 2 rings (SSSR count). The van der Waals surface area contributed by atoms with E-state index in [4.69, 9.17) is 5.11 Å². The van der Waals surface area contributed by atoms with Gasteiger partial charge in [-0.25, -0.2) is 0 Å². The van der Waals surface area contributed by atoms with Crippen LogP contribution in [-0.2, 0) is 13.1 Å². The van der Waals surface area contributed by atoms with Crippen LogP contribution in [0.4, 0.5) is 0 Å². The summed E-state index contributed by atoms with van der Waals surface area (Å²) in [6.07, 6.45) is 3.03.